The van der Waals surface area contributed by atoms with Crippen LogP contribution in [0.3, 0.4) is 0 Å². The van der Waals surface area contributed by atoms with Gasteiger partial charge in [0.05, 0.1) is 31.5 Å². The number of methoxy groups -OCH3 is 1. The average Bonchev–Trinajstić information content (AvgIpc) is 3.07. The fraction of sp³-hybridized carbons (Fsp3) is 0.278. The van der Waals surface area contributed by atoms with Crippen molar-refractivity contribution in [2.75, 3.05) is 20.8 Å². The van der Waals surface area contributed by atoms with Crippen molar-refractivity contribution in [1.29, 1.82) is 0 Å². The molecule has 0 aliphatic rings. The van der Waals surface area contributed by atoms with Crippen LogP contribution in [0.4, 0.5) is 0 Å². The van der Waals surface area contributed by atoms with Crippen molar-refractivity contribution in [3.8, 4) is 11.5 Å². The first-order valence-corrected chi connectivity index (χ1v) is 7.88. The molecule has 5 nitrogen and oxygen atoms in total. The van der Waals surface area contributed by atoms with Gasteiger partial charge in [-0.05, 0) is 42.8 Å². The molecule has 0 radical (unpaired) electrons. The molecule has 0 spiro atoms. The molecule has 0 fully saturated rings. The summed E-state index contributed by atoms with van der Waals surface area (Å²) >= 11 is 6.22. The van der Waals surface area contributed by atoms with Gasteiger partial charge in [0.15, 0.2) is 11.5 Å². The SMILES string of the molecule is CCOc1c(Cl)cc(/C=C/C(=O)N(C)Cc2ccco2)cc1OC. The number of hydrogen-bond acceptors (Lipinski definition) is 4. The lowest BCUT2D eigenvalue weighted by Gasteiger charge is -2.13. The summed E-state index contributed by atoms with van der Waals surface area (Å²) in [7, 11) is 3.25. The zero-order chi connectivity index (χ0) is 17.5. The second-order valence-corrected chi connectivity index (χ2v) is 5.48. The van der Waals surface area contributed by atoms with Gasteiger partial charge in [0, 0.05) is 13.1 Å². The van der Waals surface area contributed by atoms with E-state index < -0.39 is 0 Å². The van der Waals surface area contributed by atoms with E-state index in [0.717, 1.165) is 11.3 Å². The first-order valence-electron chi connectivity index (χ1n) is 7.51. The van der Waals surface area contributed by atoms with Crippen molar-refractivity contribution >= 4 is 23.6 Å². The lowest BCUT2D eigenvalue weighted by Crippen LogP contribution is -2.23. The zero-order valence-corrected chi connectivity index (χ0v) is 14.7. The third-order valence-electron chi connectivity index (χ3n) is 3.31. The van der Waals surface area contributed by atoms with E-state index in [4.69, 9.17) is 25.5 Å². The van der Waals surface area contributed by atoms with Crippen molar-refractivity contribution in [1.82, 2.24) is 4.90 Å². The Morgan fingerprint density at radius 2 is 2.21 bits per heavy atom. The van der Waals surface area contributed by atoms with Crippen LogP contribution in [0, 0.1) is 0 Å². The maximum absolute atomic E-state index is 12.2. The topological polar surface area (TPSA) is 51.9 Å². The largest absolute Gasteiger partial charge is 0.493 e. The number of hydrogen-bond donors (Lipinski definition) is 0. The van der Waals surface area contributed by atoms with Crippen molar-refractivity contribution in [2.24, 2.45) is 0 Å². The molecular formula is C18H20ClNO4. The number of furan rings is 1. The van der Waals surface area contributed by atoms with Crippen molar-refractivity contribution < 1.29 is 18.7 Å². The fourth-order valence-electron chi connectivity index (χ4n) is 2.13. The Bertz CT molecular complexity index is 710. The van der Waals surface area contributed by atoms with Crippen LogP contribution in [0.15, 0.2) is 41.0 Å². The minimum Gasteiger partial charge on any atom is -0.493 e. The summed E-state index contributed by atoms with van der Waals surface area (Å²) in [5.41, 5.74) is 0.750. The summed E-state index contributed by atoms with van der Waals surface area (Å²) in [6.07, 6.45) is 4.75. The Balaban J connectivity index is 2.10. The maximum atomic E-state index is 12.2. The Morgan fingerprint density at radius 1 is 1.42 bits per heavy atom. The number of carbonyl (C=O) groups is 1. The second kappa shape index (κ2) is 8.45. The van der Waals surface area contributed by atoms with Crippen LogP contribution in [0.25, 0.3) is 6.08 Å². The highest BCUT2D eigenvalue weighted by Gasteiger charge is 2.11. The molecule has 0 bridgehead atoms. The predicted molar refractivity (Wildman–Crippen MR) is 93.4 cm³/mol. The maximum Gasteiger partial charge on any atom is 0.246 e. The quantitative estimate of drug-likeness (QED) is 0.709. The Kier molecular flexibility index (Phi) is 6.32. The average molecular weight is 350 g/mol. The van der Waals surface area contributed by atoms with Gasteiger partial charge in [0.1, 0.15) is 5.76 Å². The number of ether oxygens (including phenoxy) is 2. The highest BCUT2D eigenvalue weighted by atomic mass is 35.5. The van der Waals surface area contributed by atoms with Crippen LogP contribution in [-0.4, -0.2) is 31.6 Å². The van der Waals surface area contributed by atoms with Crippen LogP contribution in [0.1, 0.15) is 18.2 Å². The molecule has 128 valence electrons. The van der Waals surface area contributed by atoms with E-state index in [0.29, 0.717) is 29.7 Å². The zero-order valence-electron chi connectivity index (χ0n) is 13.9. The number of amides is 1. The number of carbonyl (C=O) groups excluding carboxylic acids is 1. The van der Waals surface area contributed by atoms with Crippen LogP contribution < -0.4 is 9.47 Å². The first-order chi connectivity index (χ1) is 11.5. The van der Waals surface area contributed by atoms with E-state index in [2.05, 4.69) is 0 Å². The molecule has 0 saturated heterocycles. The lowest BCUT2D eigenvalue weighted by molar-refractivity contribution is -0.125. The number of likely N-dealkylation sites (N-methyl/N-ethyl adjacent to an activating group) is 1. The number of nitrogens with zero attached hydrogens (tertiary/aromatic N) is 1. The van der Waals surface area contributed by atoms with Crippen molar-refractivity contribution in [2.45, 2.75) is 13.5 Å². The second-order valence-electron chi connectivity index (χ2n) is 5.07. The normalized spacial score (nSPS) is 10.8. The van der Waals surface area contributed by atoms with E-state index in [1.165, 1.54) is 6.08 Å². The van der Waals surface area contributed by atoms with E-state index in [1.807, 2.05) is 13.0 Å². The van der Waals surface area contributed by atoms with Gasteiger partial charge in [-0.15, -0.1) is 0 Å². The number of halogens is 1. The molecule has 6 heteroatoms. The molecule has 1 aromatic heterocycles. The highest BCUT2D eigenvalue weighted by molar-refractivity contribution is 6.32. The minimum atomic E-state index is -0.143. The third kappa shape index (κ3) is 4.55. The van der Waals surface area contributed by atoms with Gasteiger partial charge >= 0.3 is 0 Å². The summed E-state index contributed by atoms with van der Waals surface area (Å²) in [5, 5.41) is 0.437. The molecule has 0 atom stereocenters. The summed E-state index contributed by atoms with van der Waals surface area (Å²) < 4.78 is 16.0. The van der Waals surface area contributed by atoms with E-state index >= 15 is 0 Å². The summed E-state index contributed by atoms with van der Waals surface area (Å²) in [6, 6.07) is 7.11. The van der Waals surface area contributed by atoms with Gasteiger partial charge in [-0.25, -0.2) is 0 Å². The number of benzene rings is 1. The summed E-state index contributed by atoms with van der Waals surface area (Å²) in [5.74, 6) is 1.61. The molecule has 1 heterocycles. The standard InChI is InChI=1S/C18H20ClNO4/c1-4-23-18-15(19)10-13(11-16(18)22-3)7-8-17(21)20(2)12-14-6-5-9-24-14/h5-11H,4,12H2,1-3H3/b8-7+. The van der Waals surface area contributed by atoms with E-state index in [9.17, 15) is 4.79 Å². The van der Waals surface area contributed by atoms with E-state index in [1.54, 1.807) is 49.6 Å². The Hall–Kier alpha value is -2.40. The molecule has 1 aromatic carbocycles. The summed E-state index contributed by atoms with van der Waals surface area (Å²) in [6.45, 7) is 2.77. The summed E-state index contributed by atoms with van der Waals surface area (Å²) in [4.78, 5) is 13.7. The van der Waals surface area contributed by atoms with Gasteiger partial charge in [-0.3, -0.25) is 4.79 Å². The van der Waals surface area contributed by atoms with Crippen LogP contribution in [-0.2, 0) is 11.3 Å². The van der Waals surface area contributed by atoms with Gasteiger partial charge in [-0.1, -0.05) is 11.6 Å². The molecule has 2 aromatic rings. The van der Waals surface area contributed by atoms with Crippen LogP contribution >= 0.6 is 11.6 Å². The molecule has 0 aliphatic carbocycles. The van der Waals surface area contributed by atoms with Crippen LogP contribution in [0.2, 0.25) is 5.02 Å². The highest BCUT2D eigenvalue weighted by Crippen LogP contribution is 2.36. The molecular weight excluding hydrogens is 330 g/mol. The smallest absolute Gasteiger partial charge is 0.246 e. The molecule has 0 N–H and O–H groups in total. The Morgan fingerprint density at radius 3 is 2.83 bits per heavy atom. The molecule has 0 aliphatic heterocycles. The van der Waals surface area contributed by atoms with E-state index in [-0.39, 0.29) is 5.91 Å². The lowest BCUT2D eigenvalue weighted by atomic mass is 10.2. The predicted octanol–water partition coefficient (Wildman–Crippen LogP) is 4.01. The van der Waals surface area contributed by atoms with Gasteiger partial charge < -0.3 is 18.8 Å². The molecule has 1 amide bonds. The monoisotopic (exact) mass is 349 g/mol. The number of rotatable bonds is 7. The molecule has 2 rings (SSSR count). The fourth-order valence-corrected chi connectivity index (χ4v) is 2.40. The van der Waals surface area contributed by atoms with Crippen molar-refractivity contribution in [3.63, 3.8) is 0 Å². The van der Waals surface area contributed by atoms with Gasteiger partial charge in [-0.2, -0.15) is 0 Å². The van der Waals surface area contributed by atoms with Gasteiger partial charge in [0.2, 0.25) is 5.91 Å². The minimum absolute atomic E-state index is 0.143. The third-order valence-corrected chi connectivity index (χ3v) is 3.59. The Labute approximate surface area is 146 Å². The van der Waals surface area contributed by atoms with Crippen LogP contribution in [0.5, 0.6) is 11.5 Å². The molecule has 0 unspecified atom stereocenters. The van der Waals surface area contributed by atoms with Gasteiger partial charge in [0.25, 0.3) is 0 Å². The molecule has 24 heavy (non-hydrogen) atoms. The first kappa shape index (κ1) is 17.9. The molecule has 0 saturated carbocycles. The van der Waals surface area contributed by atoms with Crippen molar-refractivity contribution in [3.05, 3.63) is 53.0 Å².